The smallest absolute Gasteiger partial charge is 0.256 e. The molecule has 1 aliphatic rings. The number of hydrogen-bond donors (Lipinski definition) is 1. The predicted octanol–water partition coefficient (Wildman–Crippen LogP) is 2.29. The zero-order valence-electron chi connectivity index (χ0n) is 10.0. The monoisotopic (exact) mass is 270 g/mol. The Morgan fingerprint density at radius 2 is 2.33 bits per heavy atom. The number of hydrogen-bond acceptors (Lipinski definition) is 2. The summed E-state index contributed by atoms with van der Waals surface area (Å²) in [6.07, 6.45) is 1.84. The molecule has 1 aliphatic heterocycles. The largest absolute Gasteiger partial charge is 0.338 e. The van der Waals surface area contributed by atoms with Crippen LogP contribution in [0.5, 0.6) is 0 Å². The first-order chi connectivity index (χ1) is 8.61. The van der Waals surface area contributed by atoms with Crippen LogP contribution in [0.15, 0.2) is 18.2 Å². The maximum absolute atomic E-state index is 13.6. The van der Waals surface area contributed by atoms with Crippen LogP contribution in [0.1, 0.15) is 23.2 Å². The van der Waals surface area contributed by atoms with Crippen molar-refractivity contribution >= 4 is 17.5 Å². The summed E-state index contributed by atoms with van der Waals surface area (Å²) in [5, 5.41) is 0.373. The van der Waals surface area contributed by atoms with Crippen LogP contribution in [0, 0.1) is 11.7 Å². The highest BCUT2D eigenvalue weighted by molar-refractivity contribution is 6.31. The molecule has 98 valence electrons. The third kappa shape index (κ3) is 2.82. The minimum Gasteiger partial charge on any atom is -0.338 e. The SMILES string of the molecule is NCCC1CCN(C(=O)c2cc(Cl)ccc2F)C1. The van der Waals surface area contributed by atoms with E-state index in [9.17, 15) is 9.18 Å². The first-order valence-corrected chi connectivity index (χ1v) is 6.44. The Hall–Kier alpha value is -1.13. The van der Waals surface area contributed by atoms with Crippen LogP contribution in [-0.2, 0) is 0 Å². The molecule has 2 N–H and O–H groups in total. The highest BCUT2D eigenvalue weighted by Gasteiger charge is 2.27. The average Bonchev–Trinajstić information content (AvgIpc) is 2.80. The maximum Gasteiger partial charge on any atom is 0.256 e. The Labute approximate surface area is 111 Å². The van der Waals surface area contributed by atoms with Gasteiger partial charge in [-0.2, -0.15) is 0 Å². The van der Waals surface area contributed by atoms with E-state index < -0.39 is 5.82 Å². The second-order valence-corrected chi connectivity index (χ2v) is 5.04. The van der Waals surface area contributed by atoms with Crippen LogP contribution in [-0.4, -0.2) is 30.4 Å². The van der Waals surface area contributed by atoms with Gasteiger partial charge in [0.1, 0.15) is 5.82 Å². The normalized spacial score (nSPS) is 19.3. The van der Waals surface area contributed by atoms with Crippen molar-refractivity contribution in [1.29, 1.82) is 0 Å². The van der Waals surface area contributed by atoms with Crippen molar-refractivity contribution in [2.75, 3.05) is 19.6 Å². The maximum atomic E-state index is 13.6. The lowest BCUT2D eigenvalue weighted by molar-refractivity contribution is 0.0782. The van der Waals surface area contributed by atoms with Gasteiger partial charge in [-0.3, -0.25) is 4.79 Å². The quantitative estimate of drug-likeness (QED) is 0.916. The molecule has 1 aromatic carbocycles. The number of likely N-dealkylation sites (tertiary alicyclic amines) is 1. The summed E-state index contributed by atoms with van der Waals surface area (Å²) in [7, 11) is 0. The van der Waals surface area contributed by atoms with Gasteiger partial charge in [0.15, 0.2) is 0 Å². The van der Waals surface area contributed by atoms with E-state index in [1.54, 1.807) is 4.90 Å². The molecule has 0 spiro atoms. The Kier molecular flexibility index (Phi) is 4.19. The van der Waals surface area contributed by atoms with E-state index in [0.717, 1.165) is 12.8 Å². The second kappa shape index (κ2) is 5.67. The second-order valence-electron chi connectivity index (χ2n) is 4.61. The van der Waals surface area contributed by atoms with Crippen LogP contribution >= 0.6 is 11.6 Å². The van der Waals surface area contributed by atoms with Crippen molar-refractivity contribution in [2.45, 2.75) is 12.8 Å². The van der Waals surface area contributed by atoms with E-state index in [4.69, 9.17) is 17.3 Å². The van der Waals surface area contributed by atoms with Crippen LogP contribution in [0.2, 0.25) is 5.02 Å². The van der Waals surface area contributed by atoms with Gasteiger partial charge >= 0.3 is 0 Å². The summed E-state index contributed by atoms with van der Waals surface area (Å²) in [5.41, 5.74) is 5.56. The molecule has 5 heteroatoms. The fraction of sp³-hybridized carbons (Fsp3) is 0.462. The Morgan fingerprint density at radius 3 is 3.06 bits per heavy atom. The van der Waals surface area contributed by atoms with Gasteiger partial charge in [-0.1, -0.05) is 11.6 Å². The van der Waals surface area contributed by atoms with E-state index in [1.807, 2.05) is 0 Å². The minimum atomic E-state index is -0.522. The summed E-state index contributed by atoms with van der Waals surface area (Å²) in [6, 6.07) is 4.05. The van der Waals surface area contributed by atoms with Crippen LogP contribution < -0.4 is 5.73 Å². The van der Waals surface area contributed by atoms with Gasteiger partial charge < -0.3 is 10.6 Å². The molecule has 0 aromatic heterocycles. The lowest BCUT2D eigenvalue weighted by atomic mass is 10.1. The number of carbonyl (C=O) groups is 1. The van der Waals surface area contributed by atoms with Gasteiger partial charge in [0.25, 0.3) is 5.91 Å². The predicted molar refractivity (Wildman–Crippen MR) is 69.1 cm³/mol. The molecule has 1 fully saturated rings. The highest BCUT2D eigenvalue weighted by atomic mass is 35.5. The molecule has 1 unspecified atom stereocenters. The fourth-order valence-electron chi connectivity index (χ4n) is 2.32. The van der Waals surface area contributed by atoms with Gasteiger partial charge in [-0.05, 0) is 43.5 Å². The molecule has 1 heterocycles. The Bertz CT molecular complexity index is 453. The summed E-state index contributed by atoms with van der Waals surface area (Å²) < 4.78 is 13.6. The van der Waals surface area contributed by atoms with Gasteiger partial charge in [-0.15, -0.1) is 0 Å². The fourth-order valence-corrected chi connectivity index (χ4v) is 2.49. The zero-order chi connectivity index (χ0) is 13.1. The third-order valence-corrected chi connectivity index (χ3v) is 3.54. The Morgan fingerprint density at radius 1 is 1.56 bits per heavy atom. The first kappa shape index (κ1) is 13.3. The number of halogens is 2. The molecule has 0 radical (unpaired) electrons. The van der Waals surface area contributed by atoms with E-state index >= 15 is 0 Å². The molecular weight excluding hydrogens is 255 g/mol. The molecule has 1 atom stereocenters. The molecule has 0 bridgehead atoms. The van der Waals surface area contributed by atoms with Gasteiger partial charge in [0.2, 0.25) is 0 Å². The topological polar surface area (TPSA) is 46.3 Å². The van der Waals surface area contributed by atoms with E-state index in [0.29, 0.717) is 30.6 Å². The summed E-state index contributed by atoms with van der Waals surface area (Å²) in [6.45, 7) is 1.94. The summed E-state index contributed by atoms with van der Waals surface area (Å²) >= 11 is 5.79. The molecular formula is C13H16ClFN2O. The number of rotatable bonds is 3. The third-order valence-electron chi connectivity index (χ3n) is 3.31. The molecule has 3 nitrogen and oxygen atoms in total. The molecule has 1 aromatic rings. The van der Waals surface area contributed by atoms with Crippen molar-refractivity contribution in [3.05, 3.63) is 34.6 Å². The number of nitrogens with zero attached hydrogens (tertiary/aromatic N) is 1. The van der Waals surface area contributed by atoms with Gasteiger partial charge in [0, 0.05) is 18.1 Å². The summed E-state index contributed by atoms with van der Waals surface area (Å²) in [4.78, 5) is 13.8. The molecule has 2 rings (SSSR count). The van der Waals surface area contributed by atoms with Crippen molar-refractivity contribution in [3.8, 4) is 0 Å². The van der Waals surface area contributed by atoms with Crippen molar-refractivity contribution in [2.24, 2.45) is 11.7 Å². The van der Waals surface area contributed by atoms with Gasteiger partial charge in [0.05, 0.1) is 5.56 Å². The lowest BCUT2D eigenvalue weighted by Crippen LogP contribution is -2.29. The number of nitrogens with two attached hydrogens (primary N) is 1. The molecule has 0 saturated carbocycles. The minimum absolute atomic E-state index is 0.0518. The first-order valence-electron chi connectivity index (χ1n) is 6.06. The van der Waals surface area contributed by atoms with Crippen LogP contribution in [0.3, 0.4) is 0 Å². The number of carbonyl (C=O) groups excluding carboxylic acids is 1. The van der Waals surface area contributed by atoms with Crippen LogP contribution in [0.4, 0.5) is 4.39 Å². The summed E-state index contributed by atoms with van der Waals surface area (Å²) in [5.74, 6) is -0.373. The highest BCUT2D eigenvalue weighted by Crippen LogP contribution is 2.23. The number of amides is 1. The molecule has 18 heavy (non-hydrogen) atoms. The number of benzene rings is 1. The van der Waals surface area contributed by atoms with E-state index in [1.165, 1.54) is 18.2 Å². The standard InChI is InChI=1S/C13H16ClFN2O/c14-10-1-2-12(15)11(7-10)13(18)17-6-4-9(8-17)3-5-16/h1-2,7,9H,3-6,8,16H2. The lowest BCUT2D eigenvalue weighted by Gasteiger charge is -2.17. The molecule has 1 amide bonds. The van der Waals surface area contributed by atoms with Crippen LogP contribution in [0.25, 0.3) is 0 Å². The average molecular weight is 271 g/mol. The zero-order valence-corrected chi connectivity index (χ0v) is 10.8. The molecule has 1 saturated heterocycles. The van der Waals surface area contributed by atoms with E-state index in [2.05, 4.69) is 0 Å². The Balaban J connectivity index is 2.10. The van der Waals surface area contributed by atoms with E-state index in [-0.39, 0.29) is 11.5 Å². The molecule has 0 aliphatic carbocycles. The van der Waals surface area contributed by atoms with Crippen molar-refractivity contribution in [1.82, 2.24) is 4.90 Å². The van der Waals surface area contributed by atoms with Crippen molar-refractivity contribution < 1.29 is 9.18 Å². The van der Waals surface area contributed by atoms with Gasteiger partial charge in [-0.25, -0.2) is 4.39 Å². The van der Waals surface area contributed by atoms with Crippen molar-refractivity contribution in [3.63, 3.8) is 0 Å².